The molecule has 1 rings (SSSR count). The van der Waals surface area contributed by atoms with Crippen molar-refractivity contribution in [1.29, 1.82) is 0 Å². The monoisotopic (exact) mass is 390 g/mol. The van der Waals surface area contributed by atoms with Crippen molar-refractivity contribution in [3.05, 3.63) is 0 Å². The number of hydrogen-bond acceptors (Lipinski definition) is 5. The molecular formula is C17H34N4O4S. The summed E-state index contributed by atoms with van der Waals surface area (Å²) in [5, 5.41) is 6.14. The number of rotatable bonds is 6. The van der Waals surface area contributed by atoms with E-state index in [-0.39, 0.29) is 11.8 Å². The number of sulfone groups is 1. The van der Waals surface area contributed by atoms with Crippen LogP contribution in [0.4, 0.5) is 4.79 Å². The third kappa shape index (κ3) is 6.34. The van der Waals surface area contributed by atoms with Gasteiger partial charge in [0.1, 0.15) is 0 Å². The zero-order valence-electron chi connectivity index (χ0n) is 16.8. The van der Waals surface area contributed by atoms with Gasteiger partial charge in [0.25, 0.3) is 0 Å². The van der Waals surface area contributed by atoms with E-state index >= 15 is 0 Å². The maximum Gasteiger partial charge on any atom is 0.407 e. The van der Waals surface area contributed by atoms with Crippen LogP contribution in [0.3, 0.4) is 0 Å². The number of guanidine groups is 1. The first-order valence-corrected chi connectivity index (χ1v) is 10.8. The van der Waals surface area contributed by atoms with Crippen molar-refractivity contribution in [2.45, 2.75) is 51.8 Å². The van der Waals surface area contributed by atoms with E-state index in [9.17, 15) is 13.2 Å². The minimum absolute atomic E-state index is 0.104. The fraction of sp³-hybridized carbons (Fsp3) is 0.882. The molecule has 0 aromatic carbocycles. The Labute approximate surface area is 157 Å². The van der Waals surface area contributed by atoms with Crippen molar-refractivity contribution >= 4 is 21.9 Å². The Morgan fingerprint density at radius 1 is 1.35 bits per heavy atom. The first-order chi connectivity index (χ1) is 12.0. The summed E-state index contributed by atoms with van der Waals surface area (Å²) in [6.45, 7) is 11.0. The second-order valence-electron chi connectivity index (χ2n) is 7.62. The molecule has 2 N–H and O–H groups in total. The van der Waals surface area contributed by atoms with Crippen LogP contribution in [0.1, 0.15) is 41.0 Å². The Bertz CT molecular complexity index is 602. The van der Waals surface area contributed by atoms with Gasteiger partial charge in [-0.1, -0.05) is 13.8 Å². The average Bonchev–Trinajstić information content (AvgIpc) is 2.50. The quantitative estimate of drug-likeness (QED) is 0.523. The molecule has 0 aromatic rings. The second-order valence-corrected chi connectivity index (χ2v) is 10.4. The summed E-state index contributed by atoms with van der Waals surface area (Å²) in [7, 11) is -1.43. The lowest BCUT2D eigenvalue weighted by Crippen LogP contribution is -2.58. The maximum atomic E-state index is 12.2. The van der Waals surface area contributed by atoms with E-state index in [2.05, 4.69) is 29.5 Å². The van der Waals surface area contributed by atoms with Crippen LogP contribution in [-0.4, -0.2) is 75.2 Å². The SMILES string of the molecule is CCOC(=O)NC(CNC(=NC)N1CCS(=O)(=O)C(C)(C)C1)CC(C)C. The van der Waals surface area contributed by atoms with Crippen molar-refractivity contribution in [2.24, 2.45) is 10.9 Å². The number of hydrogen-bond donors (Lipinski definition) is 2. The number of nitrogens with one attached hydrogen (secondary N) is 2. The second kappa shape index (κ2) is 9.43. The van der Waals surface area contributed by atoms with Gasteiger partial charge in [-0.05, 0) is 33.1 Å². The fourth-order valence-corrected chi connectivity index (χ4v) is 4.34. The van der Waals surface area contributed by atoms with Crippen molar-refractivity contribution in [3.8, 4) is 0 Å². The third-order valence-corrected chi connectivity index (χ3v) is 6.95. The predicted molar refractivity (Wildman–Crippen MR) is 104 cm³/mol. The summed E-state index contributed by atoms with van der Waals surface area (Å²) in [5.74, 6) is 1.16. The minimum atomic E-state index is -3.10. The smallest absolute Gasteiger partial charge is 0.407 e. The predicted octanol–water partition coefficient (Wildman–Crippen LogP) is 1.23. The van der Waals surface area contributed by atoms with E-state index < -0.39 is 20.7 Å². The minimum Gasteiger partial charge on any atom is -0.450 e. The molecule has 9 heteroatoms. The number of aliphatic imine (C=N–C) groups is 1. The van der Waals surface area contributed by atoms with Gasteiger partial charge in [-0.3, -0.25) is 4.99 Å². The van der Waals surface area contributed by atoms with Gasteiger partial charge in [0, 0.05) is 32.7 Å². The number of amides is 1. The van der Waals surface area contributed by atoms with Gasteiger partial charge in [0.05, 0.1) is 17.1 Å². The summed E-state index contributed by atoms with van der Waals surface area (Å²) in [6.07, 6.45) is 0.364. The van der Waals surface area contributed by atoms with E-state index in [0.29, 0.717) is 38.1 Å². The molecule has 0 bridgehead atoms. The van der Waals surface area contributed by atoms with Crippen molar-refractivity contribution < 1.29 is 17.9 Å². The molecule has 8 nitrogen and oxygen atoms in total. The normalized spacial score (nSPS) is 20.6. The standard InChI is InChI=1S/C17H34N4O4S/c1-7-25-16(22)20-14(10-13(2)3)11-19-15(18-6)21-8-9-26(23,24)17(4,5)12-21/h13-14H,7-12H2,1-6H3,(H,18,19)(H,20,22). The van der Waals surface area contributed by atoms with E-state index in [4.69, 9.17) is 4.74 Å². The highest BCUT2D eigenvalue weighted by Gasteiger charge is 2.41. The lowest BCUT2D eigenvalue weighted by atomic mass is 10.0. The summed E-state index contributed by atoms with van der Waals surface area (Å²) in [4.78, 5) is 18.0. The first-order valence-electron chi connectivity index (χ1n) is 9.13. The van der Waals surface area contributed by atoms with Crippen LogP contribution >= 0.6 is 0 Å². The van der Waals surface area contributed by atoms with Crippen LogP contribution in [0, 0.1) is 5.92 Å². The topological polar surface area (TPSA) is 100 Å². The molecule has 1 unspecified atom stereocenters. The van der Waals surface area contributed by atoms with E-state index in [1.165, 1.54) is 0 Å². The van der Waals surface area contributed by atoms with Crippen LogP contribution in [0.25, 0.3) is 0 Å². The van der Waals surface area contributed by atoms with Gasteiger partial charge >= 0.3 is 6.09 Å². The molecule has 0 saturated carbocycles. The molecule has 1 aliphatic rings. The molecular weight excluding hydrogens is 356 g/mol. The largest absolute Gasteiger partial charge is 0.450 e. The maximum absolute atomic E-state index is 12.2. The molecule has 0 aliphatic carbocycles. The number of carbonyl (C=O) groups excluding carboxylic acids is 1. The van der Waals surface area contributed by atoms with Crippen LogP contribution in [-0.2, 0) is 14.6 Å². The Hall–Kier alpha value is -1.51. The highest BCUT2D eigenvalue weighted by Crippen LogP contribution is 2.23. The number of alkyl carbamates (subject to hydrolysis) is 1. The highest BCUT2D eigenvalue weighted by atomic mass is 32.2. The van der Waals surface area contributed by atoms with Gasteiger partial charge in [0.2, 0.25) is 0 Å². The molecule has 26 heavy (non-hydrogen) atoms. The van der Waals surface area contributed by atoms with Crippen LogP contribution in [0.2, 0.25) is 0 Å². The lowest BCUT2D eigenvalue weighted by Gasteiger charge is -2.39. The number of carbonyl (C=O) groups is 1. The Morgan fingerprint density at radius 3 is 2.50 bits per heavy atom. The molecule has 1 atom stereocenters. The van der Waals surface area contributed by atoms with Gasteiger partial charge in [0.15, 0.2) is 15.8 Å². The molecule has 152 valence electrons. The van der Waals surface area contributed by atoms with Crippen LogP contribution in [0.15, 0.2) is 4.99 Å². The van der Waals surface area contributed by atoms with Gasteiger partial charge in [-0.15, -0.1) is 0 Å². The van der Waals surface area contributed by atoms with Gasteiger partial charge < -0.3 is 20.3 Å². The molecule has 1 aliphatic heterocycles. The average molecular weight is 391 g/mol. The molecule has 0 aromatic heterocycles. The van der Waals surface area contributed by atoms with Crippen molar-refractivity contribution in [2.75, 3.05) is 39.0 Å². The third-order valence-electron chi connectivity index (χ3n) is 4.41. The van der Waals surface area contributed by atoms with Crippen molar-refractivity contribution in [3.63, 3.8) is 0 Å². The van der Waals surface area contributed by atoms with Crippen molar-refractivity contribution in [1.82, 2.24) is 15.5 Å². The molecule has 0 spiro atoms. The van der Waals surface area contributed by atoms with Crippen LogP contribution in [0.5, 0.6) is 0 Å². The van der Waals surface area contributed by atoms with Crippen LogP contribution < -0.4 is 10.6 Å². The van der Waals surface area contributed by atoms with E-state index in [0.717, 1.165) is 6.42 Å². The summed E-state index contributed by atoms with van der Waals surface area (Å²) in [5.41, 5.74) is 0. The molecule has 1 saturated heterocycles. The molecule has 1 amide bonds. The zero-order chi connectivity index (χ0) is 20.0. The summed E-state index contributed by atoms with van der Waals surface area (Å²) in [6, 6.07) is -0.104. The van der Waals surface area contributed by atoms with E-state index in [1.807, 2.05) is 4.90 Å². The summed E-state index contributed by atoms with van der Waals surface area (Å²) >= 11 is 0. The fourth-order valence-electron chi connectivity index (χ4n) is 2.97. The molecule has 1 heterocycles. The number of nitrogens with zero attached hydrogens (tertiary/aromatic N) is 2. The Kier molecular flexibility index (Phi) is 8.17. The highest BCUT2D eigenvalue weighted by molar-refractivity contribution is 7.92. The molecule has 1 fully saturated rings. The Morgan fingerprint density at radius 2 is 2.00 bits per heavy atom. The van der Waals surface area contributed by atoms with Gasteiger partial charge in [-0.25, -0.2) is 13.2 Å². The van der Waals surface area contributed by atoms with Gasteiger partial charge in [-0.2, -0.15) is 0 Å². The summed E-state index contributed by atoms with van der Waals surface area (Å²) < 4.78 is 28.5. The first kappa shape index (κ1) is 22.5. The molecule has 0 radical (unpaired) electrons. The zero-order valence-corrected chi connectivity index (χ0v) is 17.6. The lowest BCUT2D eigenvalue weighted by molar-refractivity contribution is 0.146. The Balaban J connectivity index is 2.72. The van der Waals surface area contributed by atoms with E-state index in [1.54, 1.807) is 27.8 Å². The number of ether oxygens (including phenoxy) is 1.